The topological polar surface area (TPSA) is 52.7 Å². The summed E-state index contributed by atoms with van der Waals surface area (Å²) in [5.74, 6) is 1.77. The summed E-state index contributed by atoms with van der Waals surface area (Å²) < 4.78 is 16.3. The number of hydrogen-bond acceptors (Lipinski definition) is 4. The van der Waals surface area contributed by atoms with Crippen LogP contribution in [0.5, 0.6) is 5.75 Å². The molecule has 1 N–H and O–H groups in total. The average molecular weight is 487 g/mol. The molecule has 0 bridgehead atoms. The first-order valence-corrected chi connectivity index (χ1v) is 13.0. The molecular formula is C28H30N4O2S. The molecule has 0 aliphatic carbocycles. The molecule has 4 aromatic rings. The van der Waals surface area contributed by atoms with E-state index in [2.05, 4.69) is 44.7 Å². The number of aryl methyl sites for hydroxylation is 2. The van der Waals surface area contributed by atoms with Crippen LogP contribution in [0.3, 0.4) is 0 Å². The molecule has 0 spiro atoms. The summed E-state index contributed by atoms with van der Waals surface area (Å²) in [5.41, 5.74) is 5.81. The van der Waals surface area contributed by atoms with Gasteiger partial charge in [-0.25, -0.2) is 4.52 Å². The normalized spacial score (nSPS) is 17.4. The summed E-state index contributed by atoms with van der Waals surface area (Å²) in [7, 11) is 0. The van der Waals surface area contributed by atoms with Crippen molar-refractivity contribution in [1.29, 1.82) is 0 Å². The monoisotopic (exact) mass is 486 g/mol. The number of ether oxygens (including phenoxy) is 2. The van der Waals surface area contributed by atoms with Gasteiger partial charge >= 0.3 is 0 Å². The van der Waals surface area contributed by atoms with Gasteiger partial charge in [-0.2, -0.15) is 0 Å². The van der Waals surface area contributed by atoms with Crippen LogP contribution in [0.25, 0.3) is 16.8 Å². The van der Waals surface area contributed by atoms with Gasteiger partial charge in [-0.1, -0.05) is 60.7 Å². The molecule has 6 nitrogen and oxygen atoms in total. The van der Waals surface area contributed by atoms with E-state index in [1.807, 2.05) is 30.3 Å². The zero-order chi connectivity index (χ0) is 23.6. The van der Waals surface area contributed by atoms with Crippen molar-refractivity contribution in [3.63, 3.8) is 0 Å². The number of para-hydroxylation sites is 1. The van der Waals surface area contributed by atoms with Crippen LogP contribution in [-0.4, -0.2) is 38.4 Å². The van der Waals surface area contributed by atoms with Crippen molar-refractivity contribution in [2.24, 2.45) is 0 Å². The molecule has 180 valence electrons. The number of nitrogens with zero attached hydrogens (tertiary/aromatic N) is 3. The molecule has 35 heavy (non-hydrogen) atoms. The van der Waals surface area contributed by atoms with Crippen LogP contribution in [0.4, 0.5) is 0 Å². The van der Waals surface area contributed by atoms with Gasteiger partial charge in [0.05, 0.1) is 6.10 Å². The van der Waals surface area contributed by atoms with E-state index in [1.165, 1.54) is 16.7 Å². The van der Waals surface area contributed by atoms with Crippen molar-refractivity contribution in [3.05, 3.63) is 77.7 Å². The molecule has 2 aliphatic heterocycles. The van der Waals surface area contributed by atoms with Gasteiger partial charge in [-0.3, -0.25) is 0 Å². The minimum Gasteiger partial charge on any atom is -0.486 e. The number of rotatable bonds is 7. The third-order valence-corrected chi connectivity index (χ3v) is 7.30. The van der Waals surface area contributed by atoms with Crippen molar-refractivity contribution >= 4 is 22.9 Å². The van der Waals surface area contributed by atoms with Gasteiger partial charge in [0.2, 0.25) is 0 Å². The Hall–Kier alpha value is -3.16. The van der Waals surface area contributed by atoms with E-state index in [1.54, 1.807) is 0 Å². The zero-order valence-corrected chi connectivity index (χ0v) is 20.6. The van der Waals surface area contributed by atoms with E-state index in [-0.39, 0.29) is 6.10 Å². The molecule has 1 unspecified atom stereocenters. The lowest BCUT2D eigenvalue weighted by atomic mass is 9.98. The van der Waals surface area contributed by atoms with Crippen molar-refractivity contribution in [1.82, 2.24) is 19.5 Å². The summed E-state index contributed by atoms with van der Waals surface area (Å²) in [5, 5.41) is 8.59. The van der Waals surface area contributed by atoms with Gasteiger partial charge < -0.3 is 19.4 Å². The number of benzene rings is 2. The highest BCUT2D eigenvalue weighted by atomic mass is 32.1. The Bertz CT molecular complexity index is 1320. The first-order valence-electron chi connectivity index (χ1n) is 12.6. The molecule has 6 rings (SSSR count). The van der Waals surface area contributed by atoms with Crippen LogP contribution in [0.15, 0.2) is 60.7 Å². The predicted octanol–water partition coefficient (Wildman–Crippen LogP) is 5.16. The van der Waals surface area contributed by atoms with Crippen LogP contribution >= 0.6 is 12.2 Å². The molecule has 0 saturated carbocycles. The zero-order valence-electron chi connectivity index (χ0n) is 19.8. The highest BCUT2D eigenvalue weighted by Gasteiger charge is 2.29. The van der Waals surface area contributed by atoms with Gasteiger partial charge in [-0.15, -0.1) is 5.10 Å². The van der Waals surface area contributed by atoms with E-state index in [0.29, 0.717) is 6.61 Å². The Morgan fingerprint density at radius 2 is 1.86 bits per heavy atom. The molecule has 0 radical (unpaired) electrons. The average Bonchev–Trinajstić information content (AvgIpc) is 3.57. The number of nitrogens with one attached hydrogen (secondary N) is 1. The number of hydrogen-bond donors (Lipinski definition) is 1. The Balaban J connectivity index is 1.43. The van der Waals surface area contributed by atoms with Gasteiger partial charge in [0.1, 0.15) is 28.7 Å². The summed E-state index contributed by atoms with van der Waals surface area (Å²) >= 11 is 6.01. The Kier molecular flexibility index (Phi) is 6.27. The minimum atomic E-state index is 0.217. The standard InChI is InChI=1S/C28H30N4O2S/c35-27(29-18-22-14-9-17-33-22)26-25(20-10-3-1-4-11-20)23-15-7-8-16-31-24(30-32(26)28(23)31)19-34-21-12-5-2-6-13-21/h1-6,10-13,22H,7-9,14-19H2,(H,29,35). The second kappa shape index (κ2) is 9.84. The van der Waals surface area contributed by atoms with Crippen LogP contribution in [-0.2, 0) is 24.3 Å². The Morgan fingerprint density at radius 1 is 1.06 bits per heavy atom. The third kappa shape index (κ3) is 4.34. The van der Waals surface area contributed by atoms with Crippen molar-refractivity contribution < 1.29 is 9.47 Å². The smallest absolute Gasteiger partial charge is 0.169 e. The highest BCUT2D eigenvalue weighted by molar-refractivity contribution is 7.80. The molecule has 1 saturated heterocycles. The molecule has 4 heterocycles. The second-order valence-corrected chi connectivity index (χ2v) is 9.68. The van der Waals surface area contributed by atoms with Crippen molar-refractivity contribution in [2.45, 2.75) is 51.4 Å². The SMILES string of the molecule is S=C(NCC1CCCO1)c1c(-c2ccccc2)c2c3n(c(COc4ccccc4)nn13)CCCC2. The molecular weight excluding hydrogens is 456 g/mol. The van der Waals surface area contributed by atoms with Crippen LogP contribution in [0, 0.1) is 0 Å². The Morgan fingerprint density at radius 3 is 2.63 bits per heavy atom. The quantitative estimate of drug-likeness (QED) is 0.366. The lowest BCUT2D eigenvalue weighted by Gasteiger charge is -2.14. The fourth-order valence-corrected chi connectivity index (χ4v) is 5.57. The van der Waals surface area contributed by atoms with E-state index in [4.69, 9.17) is 26.8 Å². The van der Waals surface area contributed by atoms with Gasteiger partial charge in [-0.05, 0) is 49.8 Å². The fraction of sp³-hybridized carbons (Fsp3) is 0.357. The fourth-order valence-electron chi connectivity index (χ4n) is 5.30. The summed E-state index contributed by atoms with van der Waals surface area (Å²) in [6.45, 7) is 2.91. The molecule has 7 heteroatoms. The van der Waals surface area contributed by atoms with E-state index in [9.17, 15) is 0 Å². The molecule has 2 aromatic heterocycles. The predicted molar refractivity (Wildman–Crippen MR) is 141 cm³/mol. The van der Waals surface area contributed by atoms with Gasteiger partial charge in [0.25, 0.3) is 0 Å². The van der Waals surface area contributed by atoms with Crippen LogP contribution in [0.2, 0.25) is 0 Å². The maximum absolute atomic E-state index is 6.11. The van der Waals surface area contributed by atoms with Gasteiger partial charge in [0, 0.05) is 30.8 Å². The summed E-state index contributed by atoms with van der Waals surface area (Å²) in [4.78, 5) is 0.723. The van der Waals surface area contributed by atoms with Crippen LogP contribution in [0.1, 0.15) is 42.8 Å². The first-order chi connectivity index (χ1) is 17.3. The molecule has 1 fully saturated rings. The number of thiocarbonyl (C=S) groups is 1. The maximum Gasteiger partial charge on any atom is 0.169 e. The molecule has 1 atom stereocenters. The minimum absolute atomic E-state index is 0.217. The van der Waals surface area contributed by atoms with E-state index >= 15 is 0 Å². The lowest BCUT2D eigenvalue weighted by Crippen LogP contribution is -2.32. The van der Waals surface area contributed by atoms with E-state index in [0.717, 1.165) is 79.7 Å². The van der Waals surface area contributed by atoms with Gasteiger partial charge in [0.15, 0.2) is 5.82 Å². The van der Waals surface area contributed by atoms with Crippen LogP contribution < -0.4 is 10.1 Å². The molecule has 2 aromatic carbocycles. The summed E-state index contributed by atoms with van der Waals surface area (Å²) in [6, 6.07) is 20.5. The first kappa shape index (κ1) is 22.3. The number of aromatic nitrogens is 3. The van der Waals surface area contributed by atoms with Crippen molar-refractivity contribution in [2.75, 3.05) is 13.2 Å². The highest BCUT2D eigenvalue weighted by Crippen LogP contribution is 2.37. The molecule has 0 amide bonds. The summed E-state index contributed by atoms with van der Waals surface area (Å²) in [6.07, 6.45) is 5.66. The largest absolute Gasteiger partial charge is 0.486 e. The lowest BCUT2D eigenvalue weighted by molar-refractivity contribution is 0.114. The third-order valence-electron chi connectivity index (χ3n) is 6.97. The Labute approximate surface area is 210 Å². The van der Waals surface area contributed by atoms with Crippen molar-refractivity contribution in [3.8, 4) is 16.9 Å². The maximum atomic E-state index is 6.11. The molecule has 2 aliphatic rings. The second-order valence-electron chi connectivity index (χ2n) is 9.28. The van der Waals surface area contributed by atoms with E-state index < -0.39 is 0 Å².